The van der Waals surface area contributed by atoms with E-state index in [9.17, 15) is 9.59 Å². The highest BCUT2D eigenvalue weighted by atomic mass is 16.5. The molecule has 1 fully saturated rings. The number of nitrogens with one attached hydrogen (secondary N) is 1. The van der Waals surface area contributed by atoms with Crippen molar-refractivity contribution < 1.29 is 14.3 Å². The molecule has 0 bridgehead atoms. The number of amides is 1. The Morgan fingerprint density at radius 2 is 1.57 bits per heavy atom. The van der Waals surface area contributed by atoms with Crippen LogP contribution in [0.1, 0.15) is 39.1 Å². The molecule has 180 valence electrons. The molecule has 2 aliphatic rings. The number of para-hydroxylation sites is 2. The van der Waals surface area contributed by atoms with Gasteiger partial charge in [-0.15, -0.1) is 0 Å². The van der Waals surface area contributed by atoms with Gasteiger partial charge in [-0.3, -0.25) is 14.5 Å². The summed E-state index contributed by atoms with van der Waals surface area (Å²) in [5, 5.41) is 3.06. The number of fused-ring (bicyclic) bond motifs is 3. The number of carbonyl (C=O) groups is 2. The molecule has 1 N–H and O–H groups in total. The molecular formula is C29H31N3O3. The first-order valence-electron chi connectivity index (χ1n) is 12.3. The molecule has 0 spiro atoms. The third kappa shape index (κ3) is 4.66. The molecule has 6 nitrogen and oxygen atoms in total. The molecule has 1 aliphatic carbocycles. The van der Waals surface area contributed by atoms with E-state index in [0.29, 0.717) is 23.2 Å². The smallest absolute Gasteiger partial charge is 0.251 e. The average molecular weight is 470 g/mol. The van der Waals surface area contributed by atoms with E-state index < -0.39 is 0 Å². The lowest BCUT2D eigenvalue weighted by Gasteiger charge is -2.36. The molecule has 0 aromatic heterocycles. The van der Waals surface area contributed by atoms with Gasteiger partial charge in [0, 0.05) is 55.0 Å². The first kappa shape index (κ1) is 23.1. The van der Waals surface area contributed by atoms with Gasteiger partial charge in [0.2, 0.25) is 0 Å². The minimum Gasteiger partial charge on any atom is -0.495 e. The highest BCUT2D eigenvalue weighted by molar-refractivity contribution is 6.24. The predicted molar refractivity (Wildman–Crippen MR) is 139 cm³/mol. The Bertz CT molecular complexity index is 1230. The molecule has 3 aromatic carbocycles. The third-order valence-corrected chi connectivity index (χ3v) is 6.98. The van der Waals surface area contributed by atoms with Crippen LogP contribution in [-0.2, 0) is 0 Å². The Kier molecular flexibility index (Phi) is 6.82. The maximum atomic E-state index is 13.0. The van der Waals surface area contributed by atoms with E-state index in [0.717, 1.165) is 68.1 Å². The fourth-order valence-electron chi connectivity index (χ4n) is 5.13. The minimum atomic E-state index is -0.114. The second-order valence-corrected chi connectivity index (χ2v) is 9.07. The molecule has 1 amide bonds. The number of hydrogen-bond acceptors (Lipinski definition) is 5. The summed E-state index contributed by atoms with van der Waals surface area (Å²) >= 11 is 0. The second kappa shape index (κ2) is 10.3. The van der Waals surface area contributed by atoms with Crippen LogP contribution in [0.4, 0.5) is 5.69 Å². The lowest BCUT2D eigenvalue weighted by Crippen LogP contribution is -2.46. The molecule has 1 aliphatic heterocycles. The van der Waals surface area contributed by atoms with Crippen LogP contribution in [-0.4, -0.2) is 63.0 Å². The van der Waals surface area contributed by atoms with Crippen LogP contribution in [0.5, 0.6) is 5.75 Å². The summed E-state index contributed by atoms with van der Waals surface area (Å²) in [6, 6.07) is 21.1. The number of rotatable bonds is 8. The van der Waals surface area contributed by atoms with Gasteiger partial charge in [-0.25, -0.2) is 0 Å². The zero-order chi connectivity index (χ0) is 24.2. The molecule has 1 heterocycles. The van der Waals surface area contributed by atoms with Crippen molar-refractivity contribution in [1.29, 1.82) is 0 Å². The van der Waals surface area contributed by atoms with Crippen molar-refractivity contribution in [3.8, 4) is 16.9 Å². The van der Waals surface area contributed by atoms with Crippen molar-refractivity contribution in [2.75, 3.05) is 51.3 Å². The number of unbranched alkanes of at least 4 members (excludes halogenated alkanes) is 1. The van der Waals surface area contributed by atoms with Crippen LogP contribution in [0.2, 0.25) is 0 Å². The number of carbonyl (C=O) groups excluding carboxylic acids is 2. The first-order valence-corrected chi connectivity index (χ1v) is 12.3. The van der Waals surface area contributed by atoms with E-state index in [1.165, 1.54) is 0 Å². The largest absolute Gasteiger partial charge is 0.495 e. The van der Waals surface area contributed by atoms with Gasteiger partial charge in [0.05, 0.1) is 12.8 Å². The number of piperazine rings is 1. The maximum Gasteiger partial charge on any atom is 0.251 e. The minimum absolute atomic E-state index is 0.00365. The summed E-state index contributed by atoms with van der Waals surface area (Å²) in [6.45, 7) is 5.66. The normalized spacial score (nSPS) is 15.0. The Hall–Kier alpha value is -3.64. The quantitative estimate of drug-likeness (QED) is 0.391. The summed E-state index contributed by atoms with van der Waals surface area (Å²) in [5.74, 6) is 0.807. The monoisotopic (exact) mass is 469 g/mol. The second-order valence-electron chi connectivity index (χ2n) is 9.07. The highest BCUT2D eigenvalue weighted by Gasteiger charge is 2.30. The van der Waals surface area contributed by atoms with E-state index in [2.05, 4.69) is 27.2 Å². The van der Waals surface area contributed by atoms with Gasteiger partial charge >= 0.3 is 0 Å². The van der Waals surface area contributed by atoms with Crippen LogP contribution in [0.3, 0.4) is 0 Å². The summed E-state index contributed by atoms with van der Waals surface area (Å²) in [5.41, 5.74) is 4.64. The van der Waals surface area contributed by atoms with E-state index in [4.69, 9.17) is 4.74 Å². The lowest BCUT2D eigenvalue weighted by atomic mass is 9.99. The zero-order valence-corrected chi connectivity index (χ0v) is 20.1. The molecule has 5 rings (SSSR count). The van der Waals surface area contributed by atoms with Gasteiger partial charge in [0.25, 0.3) is 5.91 Å². The van der Waals surface area contributed by atoms with Gasteiger partial charge in [0.1, 0.15) is 5.75 Å². The van der Waals surface area contributed by atoms with Crippen LogP contribution in [0.15, 0.2) is 66.7 Å². The molecular weight excluding hydrogens is 438 g/mol. The van der Waals surface area contributed by atoms with Gasteiger partial charge < -0.3 is 15.0 Å². The lowest BCUT2D eigenvalue weighted by molar-refractivity contribution is 0.0953. The number of ketones is 1. The van der Waals surface area contributed by atoms with Crippen LogP contribution < -0.4 is 15.0 Å². The fraction of sp³-hybridized carbons (Fsp3) is 0.310. The van der Waals surface area contributed by atoms with E-state index >= 15 is 0 Å². The predicted octanol–water partition coefficient (Wildman–Crippen LogP) is 4.24. The number of nitrogens with zero attached hydrogens (tertiary/aromatic N) is 2. The summed E-state index contributed by atoms with van der Waals surface area (Å²) in [4.78, 5) is 30.5. The number of hydrogen-bond donors (Lipinski definition) is 1. The molecule has 0 atom stereocenters. The van der Waals surface area contributed by atoms with Crippen molar-refractivity contribution in [2.24, 2.45) is 0 Å². The SMILES string of the molecule is COc1ccccc1N1CCN(CCCCNC(=O)c2cccc3c2-c2ccccc2C3=O)CC1. The summed E-state index contributed by atoms with van der Waals surface area (Å²) < 4.78 is 5.51. The average Bonchev–Trinajstić information content (AvgIpc) is 3.21. The Morgan fingerprint density at radius 3 is 2.37 bits per heavy atom. The number of ether oxygens (including phenoxy) is 1. The van der Waals surface area contributed by atoms with Gasteiger partial charge in [-0.05, 0) is 43.1 Å². The van der Waals surface area contributed by atoms with Crippen LogP contribution in [0, 0.1) is 0 Å². The summed E-state index contributed by atoms with van der Waals surface area (Å²) in [7, 11) is 1.72. The van der Waals surface area contributed by atoms with Crippen molar-refractivity contribution in [1.82, 2.24) is 10.2 Å². The molecule has 1 saturated heterocycles. The van der Waals surface area contributed by atoms with Gasteiger partial charge in [-0.1, -0.05) is 48.5 Å². The highest BCUT2D eigenvalue weighted by Crippen LogP contribution is 2.38. The third-order valence-electron chi connectivity index (χ3n) is 6.98. The van der Waals surface area contributed by atoms with Crippen LogP contribution in [0.25, 0.3) is 11.1 Å². The molecule has 3 aromatic rings. The van der Waals surface area contributed by atoms with Crippen LogP contribution >= 0.6 is 0 Å². The van der Waals surface area contributed by atoms with E-state index in [1.54, 1.807) is 13.2 Å². The molecule has 0 unspecified atom stereocenters. The zero-order valence-electron chi connectivity index (χ0n) is 20.1. The van der Waals surface area contributed by atoms with Gasteiger partial charge in [-0.2, -0.15) is 0 Å². The van der Waals surface area contributed by atoms with Crippen molar-refractivity contribution in [2.45, 2.75) is 12.8 Å². The van der Waals surface area contributed by atoms with Crippen molar-refractivity contribution in [3.05, 3.63) is 83.4 Å². The van der Waals surface area contributed by atoms with Gasteiger partial charge in [0.15, 0.2) is 5.78 Å². The standard InChI is InChI=1S/C29H31N3O3/c1-35-26-14-5-4-13-25(26)32-19-17-31(18-20-32)16-7-6-15-30-29(34)24-12-8-11-23-27(24)21-9-2-3-10-22(21)28(23)33/h2-5,8-14H,6-7,15-20H2,1H3,(H,30,34). The van der Waals surface area contributed by atoms with Crippen molar-refractivity contribution >= 4 is 17.4 Å². The summed E-state index contributed by atoms with van der Waals surface area (Å²) in [6.07, 6.45) is 1.95. The Morgan fingerprint density at radius 1 is 0.857 bits per heavy atom. The van der Waals surface area contributed by atoms with E-state index in [-0.39, 0.29) is 11.7 Å². The first-order chi connectivity index (χ1) is 17.2. The maximum absolute atomic E-state index is 13.0. The van der Waals surface area contributed by atoms with Crippen molar-refractivity contribution in [3.63, 3.8) is 0 Å². The number of anilines is 1. The molecule has 0 radical (unpaired) electrons. The molecule has 6 heteroatoms. The fourth-order valence-corrected chi connectivity index (χ4v) is 5.13. The number of methoxy groups -OCH3 is 1. The molecule has 0 saturated carbocycles. The van der Waals surface area contributed by atoms with E-state index in [1.807, 2.05) is 48.5 Å². The Balaban J connectivity index is 1.09. The Labute approximate surface area is 206 Å². The molecule has 35 heavy (non-hydrogen) atoms. The topological polar surface area (TPSA) is 61.9 Å². The number of benzene rings is 3.